The molecule has 30 heavy (non-hydrogen) atoms. The maximum Gasteiger partial charge on any atom is 0.326 e. The Balaban J connectivity index is 2.38. The third-order valence-corrected chi connectivity index (χ3v) is 4.27. The summed E-state index contributed by atoms with van der Waals surface area (Å²) in [5.74, 6) is -4.75. The van der Waals surface area contributed by atoms with Crippen molar-refractivity contribution < 1.29 is 33.5 Å². The van der Waals surface area contributed by atoms with Crippen LogP contribution >= 0.6 is 0 Å². The molecule has 1 amide bonds. The molecule has 0 saturated carbocycles. The van der Waals surface area contributed by atoms with Crippen molar-refractivity contribution in [1.82, 2.24) is 5.32 Å². The van der Waals surface area contributed by atoms with Gasteiger partial charge in [-0.3, -0.25) is 19.7 Å². The zero-order valence-electron chi connectivity index (χ0n) is 15.9. The Morgan fingerprint density at radius 3 is 2.40 bits per heavy atom. The minimum Gasteiger partial charge on any atom is -0.480 e. The van der Waals surface area contributed by atoms with Crippen LogP contribution < -0.4 is 5.32 Å². The molecule has 0 aliphatic carbocycles. The molecule has 0 fully saturated rings. The molecule has 0 aliphatic rings. The second-order valence-electron chi connectivity index (χ2n) is 6.26. The van der Waals surface area contributed by atoms with Gasteiger partial charge in [-0.15, -0.1) is 0 Å². The Bertz CT molecular complexity index is 946. The molecule has 0 spiro atoms. The molecule has 0 heterocycles. The lowest BCUT2D eigenvalue weighted by molar-refractivity contribution is -0.384. The number of carboxylic acid groups (broad SMARTS) is 1. The lowest BCUT2D eigenvalue weighted by atomic mass is 9.88. The smallest absolute Gasteiger partial charge is 0.326 e. The highest BCUT2D eigenvalue weighted by Crippen LogP contribution is 2.27. The summed E-state index contributed by atoms with van der Waals surface area (Å²) in [5, 5.41) is 22.9. The van der Waals surface area contributed by atoms with Gasteiger partial charge in [0.1, 0.15) is 11.9 Å². The summed E-state index contributed by atoms with van der Waals surface area (Å²) in [7, 11) is 0. The van der Waals surface area contributed by atoms with Crippen LogP contribution in [0, 0.1) is 15.9 Å². The molecule has 0 aromatic heterocycles. The first kappa shape index (κ1) is 22.5. The van der Waals surface area contributed by atoms with Gasteiger partial charge in [0.25, 0.3) is 11.6 Å². The number of nitro groups is 1. The van der Waals surface area contributed by atoms with Crippen LogP contribution in [0.15, 0.2) is 48.5 Å². The van der Waals surface area contributed by atoms with Crippen LogP contribution in [0.1, 0.15) is 35.2 Å². The number of hydrogen-bond acceptors (Lipinski definition) is 6. The lowest BCUT2D eigenvalue weighted by Gasteiger charge is -2.25. The fourth-order valence-electron chi connectivity index (χ4n) is 2.86. The molecule has 2 aromatic carbocycles. The van der Waals surface area contributed by atoms with Crippen LogP contribution in [0.4, 0.5) is 10.1 Å². The zero-order chi connectivity index (χ0) is 22.3. The molecule has 2 atom stereocenters. The number of nitro benzene ring substituents is 1. The van der Waals surface area contributed by atoms with E-state index in [4.69, 9.17) is 4.74 Å². The summed E-state index contributed by atoms with van der Waals surface area (Å²) < 4.78 is 18.3. The standard InChI is InChI=1S/C20H19FN2O7/c1-2-30-17(24)11-16(12-6-8-15(9-7-12)23(28)29)18(20(26)27)22-19(25)13-4-3-5-14(21)10-13/h3-10,16,18H,2,11H2,1H3,(H,22,25)(H,26,27)/t16-,18+/m0/s1. The predicted octanol–water partition coefficient (Wildman–Crippen LogP) is 2.65. The number of halogens is 1. The number of carboxylic acids is 1. The van der Waals surface area contributed by atoms with E-state index < -0.39 is 47.0 Å². The van der Waals surface area contributed by atoms with Crippen LogP contribution in [0.5, 0.6) is 0 Å². The van der Waals surface area contributed by atoms with Crippen molar-refractivity contribution >= 4 is 23.5 Å². The normalized spacial score (nSPS) is 12.5. The van der Waals surface area contributed by atoms with Crippen molar-refractivity contribution in [3.63, 3.8) is 0 Å². The number of amides is 1. The molecule has 0 aliphatic heterocycles. The van der Waals surface area contributed by atoms with E-state index in [1.165, 1.54) is 36.4 Å². The Kier molecular flexibility index (Phi) is 7.56. The number of ether oxygens (including phenoxy) is 1. The molecule has 2 rings (SSSR count). The second kappa shape index (κ2) is 10.1. The number of esters is 1. The molecule has 158 valence electrons. The summed E-state index contributed by atoms with van der Waals surface area (Å²) in [4.78, 5) is 46.7. The van der Waals surface area contributed by atoms with Gasteiger partial charge in [-0.1, -0.05) is 18.2 Å². The van der Waals surface area contributed by atoms with Crippen molar-refractivity contribution in [1.29, 1.82) is 0 Å². The number of aliphatic carboxylic acids is 1. The third-order valence-electron chi connectivity index (χ3n) is 4.27. The number of rotatable bonds is 9. The maximum atomic E-state index is 13.4. The van der Waals surface area contributed by atoms with E-state index in [1.54, 1.807) is 6.92 Å². The van der Waals surface area contributed by atoms with Gasteiger partial charge >= 0.3 is 11.9 Å². The summed E-state index contributed by atoms with van der Waals surface area (Å²) in [6, 6.07) is 8.06. The molecule has 0 saturated heterocycles. The van der Waals surface area contributed by atoms with Crippen molar-refractivity contribution in [2.45, 2.75) is 25.3 Å². The Morgan fingerprint density at radius 2 is 1.87 bits per heavy atom. The summed E-state index contributed by atoms with van der Waals surface area (Å²) in [5.41, 5.74) is -0.0373. The first-order valence-electron chi connectivity index (χ1n) is 8.92. The quantitative estimate of drug-likeness (QED) is 0.363. The Hall–Kier alpha value is -3.82. The van der Waals surface area contributed by atoms with Crippen molar-refractivity contribution in [3.8, 4) is 0 Å². The van der Waals surface area contributed by atoms with Crippen LogP contribution in [-0.2, 0) is 14.3 Å². The van der Waals surface area contributed by atoms with E-state index in [2.05, 4.69) is 5.32 Å². The molecule has 10 heteroatoms. The van der Waals surface area contributed by atoms with Gasteiger partial charge in [0, 0.05) is 23.6 Å². The largest absolute Gasteiger partial charge is 0.480 e. The van der Waals surface area contributed by atoms with Gasteiger partial charge in [-0.25, -0.2) is 9.18 Å². The van der Waals surface area contributed by atoms with Crippen LogP contribution in [-0.4, -0.2) is 40.5 Å². The maximum absolute atomic E-state index is 13.4. The van der Waals surface area contributed by atoms with Crippen molar-refractivity contribution in [3.05, 3.63) is 75.6 Å². The number of hydrogen-bond donors (Lipinski definition) is 2. The van der Waals surface area contributed by atoms with Gasteiger partial charge in [0.2, 0.25) is 0 Å². The molecule has 0 bridgehead atoms. The third kappa shape index (κ3) is 5.84. The van der Waals surface area contributed by atoms with Crippen molar-refractivity contribution in [2.75, 3.05) is 6.61 Å². The highest BCUT2D eigenvalue weighted by molar-refractivity contribution is 5.97. The van der Waals surface area contributed by atoms with Crippen molar-refractivity contribution in [2.24, 2.45) is 0 Å². The van der Waals surface area contributed by atoms with Crippen LogP contribution in [0.25, 0.3) is 0 Å². The predicted molar refractivity (Wildman–Crippen MR) is 102 cm³/mol. The molecule has 9 nitrogen and oxygen atoms in total. The monoisotopic (exact) mass is 418 g/mol. The second-order valence-corrected chi connectivity index (χ2v) is 6.26. The molecule has 0 radical (unpaired) electrons. The molecule has 2 N–H and O–H groups in total. The van der Waals surface area contributed by atoms with E-state index in [0.717, 1.165) is 12.1 Å². The number of carbonyl (C=O) groups excluding carboxylic acids is 2. The average molecular weight is 418 g/mol. The number of nitrogens with one attached hydrogen (secondary N) is 1. The van der Waals surface area contributed by atoms with Gasteiger partial charge < -0.3 is 15.2 Å². The first-order chi connectivity index (χ1) is 14.2. The van der Waals surface area contributed by atoms with E-state index >= 15 is 0 Å². The highest BCUT2D eigenvalue weighted by Gasteiger charge is 2.33. The number of carbonyl (C=O) groups is 3. The Morgan fingerprint density at radius 1 is 1.20 bits per heavy atom. The summed E-state index contributed by atoms with van der Waals surface area (Å²) in [6.45, 7) is 1.65. The minimum atomic E-state index is -1.58. The average Bonchev–Trinajstić information content (AvgIpc) is 2.70. The SMILES string of the molecule is CCOC(=O)C[C@@H](c1ccc([N+](=O)[O-])cc1)[C@@H](NC(=O)c1cccc(F)c1)C(=O)O. The molecular formula is C20H19FN2O7. The van der Waals surface area contributed by atoms with Gasteiger partial charge in [0.15, 0.2) is 0 Å². The zero-order valence-corrected chi connectivity index (χ0v) is 15.9. The van der Waals surface area contributed by atoms with E-state index in [9.17, 15) is 34.0 Å². The summed E-state index contributed by atoms with van der Waals surface area (Å²) in [6.07, 6.45) is -0.397. The lowest BCUT2D eigenvalue weighted by Crippen LogP contribution is -2.45. The van der Waals surface area contributed by atoms with E-state index in [1.807, 2.05) is 0 Å². The van der Waals surface area contributed by atoms with Gasteiger partial charge in [-0.2, -0.15) is 0 Å². The minimum absolute atomic E-state index is 0.0687. The first-order valence-corrected chi connectivity index (χ1v) is 8.92. The summed E-state index contributed by atoms with van der Waals surface area (Å²) >= 11 is 0. The molecule has 2 aromatic rings. The number of benzene rings is 2. The number of non-ortho nitro benzene ring substituents is 1. The van der Waals surface area contributed by atoms with E-state index in [-0.39, 0.29) is 23.4 Å². The van der Waals surface area contributed by atoms with Crippen LogP contribution in [0.3, 0.4) is 0 Å². The Labute approximate surface area is 170 Å². The molecule has 0 unspecified atom stereocenters. The van der Waals surface area contributed by atoms with Crippen LogP contribution in [0.2, 0.25) is 0 Å². The van der Waals surface area contributed by atoms with Gasteiger partial charge in [0.05, 0.1) is 18.0 Å². The molecular weight excluding hydrogens is 399 g/mol. The highest BCUT2D eigenvalue weighted by atomic mass is 19.1. The van der Waals surface area contributed by atoms with E-state index in [0.29, 0.717) is 0 Å². The topological polar surface area (TPSA) is 136 Å². The fraction of sp³-hybridized carbons (Fsp3) is 0.250. The fourth-order valence-corrected chi connectivity index (χ4v) is 2.86. The number of nitrogens with zero attached hydrogens (tertiary/aromatic N) is 1. The van der Waals surface area contributed by atoms with Gasteiger partial charge in [-0.05, 0) is 30.7 Å².